The molecule has 1 aromatic carbocycles. The van der Waals surface area contributed by atoms with E-state index in [0.717, 1.165) is 5.69 Å². The second-order valence-corrected chi connectivity index (χ2v) is 4.44. The van der Waals surface area contributed by atoms with Crippen LogP contribution in [0.3, 0.4) is 0 Å². The van der Waals surface area contributed by atoms with Crippen LogP contribution in [0.4, 0.5) is 5.69 Å². The average molecular weight is 282 g/mol. The molecule has 7 nitrogen and oxygen atoms in total. The number of benzene rings is 1. The largest absolute Gasteiger partial charge is 0.314 e. The summed E-state index contributed by atoms with van der Waals surface area (Å²) in [5.41, 5.74) is 2.04. The third kappa shape index (κ3) is 2.72. The molecule has 1 heterocycles. The van der Waals surface area contributed by atoms with Crippen LogP contribution in [0.5, 0.6) is 0 Å². The fourth-order valence-corrected chi connectivity index (χ4v) is 1.95. The zero-order valence-electron chi connectivity index (χ0n) is 10.4. The predicted molar refractivity (Wildman–Crippen MR) is 70.5 cm³/mol. The van der Waals surface area contributed by atoms with Gasteiger partial charge >= 0.3 is 0 Å². The van der Waals surface area contributed by atoms with Crippen LogP contribution in [-0.2, 0) is 6.54 Å². The summed E-state index contributed by atoms with van der Waals surface area (Å²) >= 11 is 5.90. The minimum absolute atomic E-state index is 0.0799. The topological polar surface area (TPSA) is 85.9 Å². The molecule has 1 N–H and O–H groups in total. The first-order valence-electron chi connectivity index (χ1n) is 5.53. The van der Waals surface area contributed by atoms with Crippen LogP contribution in [0.1, 0.15) is 11.3 Å². The van der Waals surface area contributed by atoms with Crippen molar-refractivity contribution in [3.8, 4) is 5.69 Å². The normalized spacial score (nSPS) is 10.7. The van der Waals surface area contributed by atoms with Crippen molar-refractivity contribution in [1.82, 2.24) is 20.3 Å². The van der Waals surface area contributed by atoms with Gasteiger partial charge in [0.05, 0.1) is 22.5 Å². The summed E-state index contributed by atoms with van der Waals surface area (Å²) in [7, 11) is 1.81. The van der Waals surface area contributed by atoms with E-state index in [1.54, 1.807) is 17.8 Å². The van der Waals surface area contributed by atoms with E-state index in [-0.39, 0.29) is 10.7 Å². The minimum atomic E-state index is -0.507. The SMILES string of the molecule is CNCc1cn(-c2cc(Cl)c([N+](=O)[O-])cc2C)nn1. The summed E-state index contributed by atoms with van der Waals surface area (Å²) in [6.07, 6.45) is 1.75. The number of nitrogens with zero attached hydrogens (tertiary/aromatic N) is 4. The molecule has 0 amide bonds. The zero-order chi connectivity index (χ0) is 14.0. The highest BCUT2D eigenvalue weighted by Crippen LogP contribution is 2.29. The Hall–Kier alpha value is -1.99. The highest BCUT2D eigenvalue weighted by molar-refractivity contribution is 6.32. The third-order valence-electron chi connectivity index (χ3n) is 2.61. The van der Waals surface area contributed by atoms with Crippen LogP contribution < -0.4 is 5.32 Å². The van der Waals surface area contributed by atoms with Crippen LogP contribution in [0.15, 0.2) is 18.3 Å². The van der Waals surface area contributed by atoms with Crippen molar-refractivity contribution in [2.75, 3.05) is 7.05 Å². The Morgan fingerprint density at radius 2 is 2.26 bits per heavy atom. The van der Waals surface area contributed by atoms with Crippen molar-refractivity contribution < 1.29 is 4.92 Å². The summed E-state index contributed by atoms with van der Waals surface area (Å²) in [6, 6.07) is 2.95. The molecule has 19 heavy (non-hydrogen) atoms. The summed E-state index contributed by atoms with van der Waals surface area (Å²) < 4.78 is 1.55. The molecule has 2 aromatic rings. The van der Waals surface area contributed by atoms with E-state index in [2.05, 4.69) is 15.6 Å². The third-order valence-corrected chi connectivity index (χ3v) is 2.91. The maximum Gasteiger partial charge on any atom is 0.288 e. The Labute approximate surface area is 114 Å². The molecule has 0 unspecified atom stereocenters. The van der Waals surface area contributed by atoms with E-state index in [9.17, 15) is 10.1 Å². The summed E-state index contributed by atoms with van der Waals surface area (Å²) in [5, 5.41) is 21.8. The number of nitrogens with one attached hydrogen (secondary N) is 1. The second-order valence-electron chi connectivity index (χ2n) is 4.03. The van der Waals surface area contributed by atoms with E-state index in [1.807, 2.05) is 7.05 Å². The predicted octanol–water partition coefficient (Wildman–Crippen LogP) is 1.86. The van der Waals surface area contributed by atoms with Gasteiger partial charge in [0.2, 0.25) is 0 Å². The molecule has 0 saturated carbocycles. The Bertz CT molecular complexity index is 626. The highest BCUT2D eigenvalue weighted by Gasteiger charge is 2.16. The zero-order valence-corrected chi connectivity index (χ0v) is 11.2. The number of nitro benzene ring substituents is 1. The monoisotopic (exact) mass is 281 g/mol. The lowest BCUT2D eigenvalue weighted by molar-refractivity contribution is -0.384. The van der Waals surface area contributed by atoms with E-state index in [1.165, 1.54) is 12.1 Å². The van der Waals surface area contributed by atoms with Gasteiger partial charge in [-0.05, 0) is 25.6 Å². The van der Waals surface area contributed by atoms with Crippen LogP contribution in [-0.4, -0.2) is 27.0 Å². The van der Waals surface area contributed by atoms with Crippen molar-refractivity contribution >= 4 is 17.3 Å². The summed E-state index contributed by atoms with van der Waals surface area (Å²) in [6.45, 7) is 2.36. The van der Waals surface area contributed by atoms with Gasteiger partial charge in [0.1, 0.15) is 5.02 Å². The van der Waals surface area contributed by atoms with Crippen molar-refractivity contribution in [3.05, 3.63) is 44.7 Å². The highest BCUT2D eigenvalue weighted by atomic mass is 35.5. The Balaban J connectivity index is 2.44. The fraction of sp³-hybridized carbons (Fsp3) is 0.273. The molecule has 0 radical (unpaired) electrons. The molecule has 0 atom stereocenters. The molecule has 8 heteroatoms. The quantitative estimate of drug-likeness (QED) is 0.683. The Morgan fingerprint density at radius 1 is 1.53 bits per heavy atom. The maximum atomic E-state index is 10.8. The van der Waals surface area contributed by atoms with Crippen LogP contribution in [0, 0.1) is 17.0 Å². The van der Waals surface area contributed by atoms with Crippen molar-refractivity contribution in [3.63, 3.8) is 0 Å². The Kier molecular flexibility index (Phi) is 3.77. The molecule has 0 aliphatic carbocycles. The molecule has 0 fully saturated rings. The molecule has 0 bridgehead atoms. The van der Waals surface area contributed by atoms with Gasteiger partial charge in [0, 0.05) is 12.6 Å². The fourth-order valence-electron chi connectivity index (χ4n) is 1.72. The van der Waals surface area contributed by atoms with Crippen LogP contribution in [0.2, 0.25) is 5.02 Å². The summed E-state index contributed by atoms with van der Waals surface area (Å²) in [5.74, 6) is 0. The Morgan fingerprint density at radius 3 is 2.89 bits per heavy atom. The number of hydrogen-bond donors (Lipinski definition) is 1. The molecule has 0 aliphatic rings. The lowest BCUT2D eigenvalue weighted by Gasteiger charge is -2.05. The van der Waals surface area contributed by atoms with Crippen molar-refractivity contribution in [2.45, 2.75) is 13.5 Å². The van der Waals surface area contributed by atoms with Gasteiger partial charge in [0.25, 0.3) is 5.69 Å². The maximum absolute atomic E-state index is 10.8. The number of aryl methyl sites for hydroxylation is 1. The molecule has 2 rings (SSSR count). The number of halogens is 1. The first-order chi connectivity index (χ1) is 9.02. The smallest absolute Gasteiger partial charge is 0.288 e. The van der Waals surface area contributed by atoms with Crippen molar-refractivity contribution in [1.29, 1.82) is 0 Å². The van der Waals surface area contributed by atoms with Gasteiger partial charge in [-0.25, -0.2) is 4.68 Å². The molecule has 0 aliphatic heterocycles. The number of rotatable bonds is 4. The molecular weight excluding hydrogens is 270 g/mol. The first-order valence-corrected chi connectivity index (χ1v) is 5.91. The molecule has 1 aromatic heterocycles. The van der Waals surface area contributed by atoms with E-state index < -0.39 is 4.92 Å². The summed E-state index contributed by atoms with van der Waals surface area (Å²) in [4.78, 5) is 10.3. The van der Waals surface area contributed by atoms with Gasteiger partial charge in [-0.15, -0.1) is 5.10 Å². The number of aromatic nitrogens is 3. The van der Waals surface area contributed by atoms with E-state index >= 15 is 0 Å². The molecular formula is C11H12ClN5O2. The van der Waals surface area contributed by atoms with Gasteiger partial charge < -0.3 is 5.32 Å². The van der Waals surface area contributed by atoms with Gasteiger partial charge in [-0.3, -0.25) is 10.1 Å². The lowest BCUT2D eigenvalue weighted by Crippen LogP contribution is -2.05. The molecule has 100 valence electrons. The van der Waals surface area contributed by atoms with Gasteiger partial charge in [-0.2, -0.15) is 0 Å². The van der Waals surface area contributed by atoms with Crippen molar-refractivity contribution in [2.24, 2.45) is 0 Å². The van der Waals surface area contributed by atoms with Crippen LogP contribution >= 0.6 is 11.6 Å². The second kappa shape index (κ2) is 5.33. The van der Waals surface area contributed by atoms with Gasteiger partial charge in [0.15, 0.2) is 0 Å². The molecule has 0 spiro atoms. The van der Waals surface area contributed by atoms with E-state index in [0.29, 0.717) is 17.8 Å². The number of hydrogen-bond acceptors (Lipinski definition) is 5. The standard InChI is InChI=1S/C11H12ClN5O2/c1-7-3-11(17(18)19)9(12)4-10(7)16-6-8(5-13-2)14-15-16/h3-4,6,13H,5H2,1-2H3. The lowest BCUT2D eigenvalue weighted by atomic mass is 10.2. The van der Waals surface area contributed by atoms with E-state index in [4.69, 9.17) is 11.6 Å². The number of nitro groups is 1. The minimum Gasteiger partial charge on any atom is -0.314 e. The first kappa shape index (κ1) is 13.4. The average Bonchev–Trinajstić information content (AvgIpc) is 2.80. The van der Waals surface area contributed by atoms with Crippen LogP contribution in [0.25, 0.3) is 5.69 Å². The molecule has 0 saturated heterocycles. The van der Waals surface area contributed by atoms with Gasteiger partial charge in [-0.1, -0.05) is 16.8 Å².